The molecule has 1 aliphatic heterocycles. The zero-order valence-corrected chi connectivity index (χ0v) is 14.5. The van der Waals surface area contributed by atoms with Gasteiger partial charge in [-0.15, -0.1) is 24.2 Å². The number of halogens is 3. The summed E-state index contributed by atoms with van der Waals surface area (Å²) in [5.41, 5.74) is 0.404. The van der Waals surface area contributed by atoms with Gasteiger partial charge in [-0.1, -0.05) is 23.2 Å². The Morgan fingerprint density at radius 3 is 2.71 bits per heavy atom. The molecule has 0 radical (unpaired) electrons. The van der Waals surface area contributed by atoms with Crippen molar-refractivity contribution in [1.82, 2.24) is 10.6 Å². The highest BCUT2D eigenvalue weighted by atomic mass is 35.5. The molecule has 1 saturated heterocycles. The summed E-state index contributed by atoms with van der Waals surface area (Å²) in [6, 6.07) is 3.27. The van der Waals surface area contributed by atoms with Crippen molar-refractivity contribution in [2.45, 2.75) is 11.0 Å². The van der Waals surface area contributed by atoms with E-state index in [0.717, 1.165) is 4.90 Å². The van der Waals surface area contributed by atoms with Crippen molar-refractivity contribution in [2.24, 2.45) is 5.92 Å². The topological polar surface area (TPSA) is 61.4 Å². The van der Waals surface area contributed by atoms with Gasteiger partial charge in [0.05, 0.1) is 21.7 Å². The molecule has 1 aromatic carbocycles. The molecule has 2 rings (SSSR count). The van der Waals surface area contributed by atoms with Crippen LogP contribution in [0.2, 0.25) is 10.0 Å². The summed E-state index contributed by atoms with van der Waals surface area (Å²) in [4.78, 5) is 13.0. The molecule has 1 aliphatic rings. The van der Waals surface area contributed by atoms with Crippen LogP contribution in [0.1, 0.15) is 10.4 Å². The van der Waals surface area contributed by atoms with Crippen molar-refractivity contribution in [3.8, 4) is 0 Å². The number of benzene rings is 1. The van der Waals surface area contributed by atoms with Gasteiger partial charge in [0.15, 0.2) is 0 Å². The molecule has 1 fully saturated rings. The van der Waals surface area contributed by atoms with Crippen LogP contribution in [0.5, 0.6) is 0 Å². The van der Waals surface area contributed by atoms with Crippen molar-refractivity contribution in [1.29, 1.82) is 0 Å². The van der Waals surface area contributed by atoms with Gasteiger partial charge in [-0.25, -0.2) is 0 Å². The molecule has 0 aromatic heterocycles. The van der Waals surface area contributed by atoms with Crippen molar-refractivity contribution in [3.05, 3.63) is 27.7 Å². The van der Waals surface area contributed by atoms with Crippen molar-refractivity contribution >= 4 is 53.3 Å². The van der Waals surface area contributed by atoms with Crippen LogP contribution in [0.3, 0.4) is 0 Å². The number of hydrogen-bond acceptors (Lipinski definition) is 4. The Balaban J connectivity index is 0.00000220. The van der Waals surface area contributed by atoms with Crippen LogP contribution in [0, 0.1) is 5.92 Å². The average molecular weight is 372 g/mol. The molecule has 0 aliphatic carbocycles. The lowest BCUT2D eigenvalue weighted by molar-refractivity contribution is 0.0927. The number of β-amino-alcohol motifs (C(OH)–C–C–N with tert-alkyl or cyclic N) is 1. The second-order valence-corrected chi connectivity index (χ2v) is 6.32. The number of carbonyl (C=O) groups is 1. The first kappa shape index (κ1) is 18.9. The fourth-order valence-electron chi connectivity index (χ4n) is 2.11. The summed E-state index contributed by atoms with van der Waals surface area (Å²) in [6.45, 7) is 1.69. The highest BCUT2D eigenvalue weighted by Crippen LogP contribution is 2.31. The van der Waals surface area contributed by atoms with Gasteiger partial charge < -0.3 is 15.7 Å². The van der Waals surface area contributed by atoms with Gasteiger partial charge in [-0.2, -0.15) is 0 Å². The Bertz CT molecular complexity index is 516. The highest BCUT2D eigenvalue weighted by Gasteiger charge is 2.25. The second-order valence-electron chi connectivity index (χ2n) is 4.66. The number of aliphatic hydroxyl groups excluding tert-OH is 1. The van der Waals surface area contributed by atoms with Gasteiger partial charge in [-0.3, -0.25) is 4.79 Å². The fraction of sp³-hybridized carbons (Fsp3) is 0.462. The van der Waals surface area contributed by atoms with E-state index < -0.39 is 6.10 Å². The lowest BCUT2D eigenvalue weighted by Gasteiger charge is -2.15. The van der Waals surface area contributed by atoms with Gasteiger partial charge in [0.2, 0.25) is 0 Å². The van der Waals surface area contributed by atoms with Crippen LogP contribution in [-0.4, -0.2) is 43.0 Å². The normalized spacial score (nSPS) is 21.0. The molecular weight excluding hydrogens is 355 g/mol. The first-order chi connectivity index (χ1) is 9.52. The maximum atomic E-state index is 12.2. The molecule has 0 saturated carbocycles. The molecule has 21 heavy (non-hydrogen) atoms. The van der Waals surface area contributed by atoms with E-state index in [1.54, 1.807) is 12.1 Å². The Labute approximate surface area is 144 Å². The second kappa shape index (κ2) is 8.46. The predicted octanol–water partition coefficient (Wildman–Crippen LogP) is 2.45. The van der Waals surface area contributed by atoms with Crippen LogP contribution in [0.15, 0.2) is 17.0 Å². The van der Waals surface area contributed by atoms with E-state index in [9.17, 15) is 9.90 Å². The maximum Gasteiger partial charge on any atom is 0.252 e. The third-order valence-corrected chi connectivity index (χ3v) is 4.83. The molecule has 8 heteroatoms. The summed E-state index contributed by atoms with van der Waals surface area (Å²) in [6.07, 6.45) is 1.47. The Hall–Kier alpha value is -0.170. The fourth-order valence-corrected chi connectivity index (χ4v) is 3.30. The third kappa shape index (κ3) is 4.65. The molecule has 4 nitrogen and oxygen atoms in total. The van der Waals surface area contributed by atoms with E-state index in [1.807, 2.05) is 6.26 Å². The van der Waals surface area contributed by atoms with E-state index in [0.29, 0.717) is 35.2 Å². The Morgan fingerprint density at radius 2 is 2.14 bits per heavy atom. The number of hydrogen-bond donors (Lipinski definition) is 3. The molecule has 1 amide bonds. The van der Waals surface area contributed by atoms with E-state index in [2.05, 4.69) is 10.6 Å². The number of thioether (sulfide) groups is 1. The third-order valence-electron chi connectivity index (χ3n) is 3.32. The number of amides is 1. The predicted molar refractivity (Wildman–Crippen MR) is 90.2 cm³/mol. The summed E-state index contributed by atoms with van der Waals surface area (Å²) in [7, 11) is 0. The monoisotopic (exact) mass is 370 g/mol. The van der Waals surface area contributed by atoms with E-state index in [1.165, 1.54) is 11.8 Å². The molecular formula is C13H17Cl3N2O2S. The molecule has 0 spiro atoms. The maximum absolute atomic E-state index is 12.2. The minimum absolute atomic E-state index is 0. The average Bonchev–Trinajstić information content (AvgIpc) is 2.82. The van der Waals surface area contributed by atoms with Gasteiger partial charge in [-0.05, 0) is 18.4 Å². The van der Waals surface area contributed by atoms with Crippen LogP contribution < -0.4 is 10.6 Å². The first-order valence-corrected chi connectivity index (χ1v) is 8.21. The molecule has 0 bridgehead atoms. The van der Waals surface area contributed by atoms with Crippen molar-refractivity contribution in [2.75, 3.05) is 25.9 Å². The molecule has 1 aromatic rings. The summed E-state index contributed by atoms with van der Waals surface area (Å²) < 4.78 is 0. The van der Waals surface area contributed by atoms with Crippen LogP contribution in [0.4, 0.5) is 0 Å². The van der Waals surface area contributed by atoms with Crippen LogP contribution >= 0.6 is 47.4 Å². The number of rotatable bonds is 4. The minimum Gasteiger partial charge on any atom is -0.391 e. The zero-order valence-electron chi connectivity index (χ0n) is 11.4. The Morgan fingerprint density at radius 1 is 1.43 bits per heavy atom. The largest absolute Gasteiger partial charge is 0.391 e. The molecule has 1 heterocycles. The smallest absolute Gasteiger partial charge is 0.252 e. The number of aliphatic hydroxyl groups is 1. The zero-order chi connectivity index (χ0) is 14.7. The minimum atomic E-state index is -0.419. The standard InChI is InChI=1S/C13H16Cl2N2O2S.ClH/c1-20-12-2-8(9(14)3-10(12)15)13(19)17-5-7-4-16-6-11(7)18;/h2-3,7,11,16,18H,4-6H2,1H3,(H,17,19);1H. The lowest BCUT2D eigenvalue weighted by Crippen LogP contribution is -2.34. The van der Waals surface area contributed by atoms with E-state index in [-0.39, 0.29) is 24.2 Å². The van der Waals surface area contributed by atoms with E-state index >= 15 is 0 Å². The van der Waals surface area contributed by atoms with Crippen LogP contribution in [-0.2, 0) is 0 Å². The molecule has 118 valence electrons. The number of carbonyl (C=O) groups excluding carboxylic acids is 1. The number of nitrogens with one attached hydrogen (secondary N) is 2. The quantitative estimate of drug-likeness (QED) is 0.712. The van der Waals surface area contributed by atoms with Crippen molar-refractivity contribution in [3.63, 3.8) is 0 Å². The molecule has 2 atom stereocenters. The molecule has 2 unspecified atom stereocenters. The first-order valence-electron chi connectivity index (χ1n) is 6.23. The summed E-state index contributed by atoms with van der Waals surface area (Å²) in [5.74, 6) is -0.217. The van der Waals surface area contributed by atoms with Gasteiger partial charge in [0.1, 0.15) is 0 Å². The summed E-state index contributed by atoms with van der Waals surface area (Å²) >= 11 is 13.5. The lowest BCUT2D eigenvalue weighted by atomic mass is 10.1. The van der Waals surface area contributed by atoms with Gasteiger partial charge in [0.25, 0.3) is 5.91 Å². The molecule has 3 N–H and O–H groups in total. The highest BCUT2D eigenvalue weighted by molar-refractivity contribution is 7.98. The van der Waals surface area contributed by atoms with Crippen molar-refractivity contribution < 1.29 is 9.90 Å². The van der Waals surface area contributed by atoms with Crippen LogP contribution in [0.25, 0.3) is 0 Å². The van der Waals surface area contributed by atoms with E-state index in [4.69, 9.17) is 23.2 Å². The Kier molecular flexibility index (Phi) is 7.60. The van der Waals surface area contributed by atoms with Gasteiger partial charge in [0, 0.05) is 30.4 Å². The van der Waals surface area contributed by atoms with Gasteiger partial charge >= 0.3 is 0 Å². The SMILES string of the molecule is CSc1cc(C(=O)NCC2CNCC2O)c(Cl)cc1Cl.Cl. The summed E-state index contributed by atoms with van der Waals surface area (Å²) in [5, 5.41) is 16.4.